The molecule has 0 fully saturated rings. The lowest BCUT2D eigenvalue weighted by Crippen LogP contribution is -2.58. The standard InChI is InChI=1S/C24H30F6N2O2/c1-3-4-5-6-7-8-9-18-14-31-21(32-15-18)19-10-12-20(13-11-19)34-17-23(27,28)24(29,30)22(25,26)16-33-2/h10-15H,3-9,16-17H2,1-2H3. The van der Waals surface area contributed by atoms with Crippen LogP contribution < -0.4 is 4.74 Å². The van der Waals surface area contributed by atoms with E-state index in [1.807, 2.05) is 0 Å². The molecule has 2 aromatic rings. The van der Waals surface area contributed by atoms with Crippen molar-refractivity contribution in [3.8, 4) is 17.1 Å². The highest BCUT2D eigenvalue weighted by atomic mass is 19.3. The van der Waals surface area contributed by atoms with Gasteiger partial charge < -0.3 is 9.47 Å². The Kier molecular flexibility index (Phi) is 10.1. The average molecular weight is 493 g/mol. The van der Waals surface area contributed by atoms with E-state index < -0.39 is 31.0 Å². The van der Waals surface area contributed by atoms with Crippen LogP contribution in [0.4, 0.5) is 26.3 Å². The summed E-state index contributed by atoms with van der Waals surface area (Å²) in [6.07, 6.45) is 11.4. The molecule has 0 N–H and O–H groups in total. The van der Waals surface area contributed by atoms with Gasteiger partial charge in [-0.3, -0.25) is 0 Å². The van der Waals surface area contributed by atoms with E-state index in [0.717, 1.165) is 24.8 Å². The molecule has 0 bridgehead atoms. The molecule has 34 heavy (non-hydrogen) atoms. The van der Waals surface area contributed by atoms with Gasteiger partial charge in [-0.25, -0.2) is 9.97 Å². The third kappa shape index (κ3) is 7.32. The van der Waals surface area contributed by atoms with Crippen LogP contribution >= 0.6 is 0 Å². The molecule has 0 radical (unpaired) electrons. The quantitative estimate of drug-likeness (QED) is 0.199. The minimum Gasteiger partial charge on any atom is -0.487 e. The Morgan fingerprint density at radius 2 is 1.32 bits per heavy atom. The lowest BCUT2D eigenvalue weighted by Gasteiger charge is -2.32. The fraction of sp³-hybridized carbons (Fsp3) is 0.583. The largest absolute Gasteiger partial charge is 0.487 e. The molecular formula is C24H30F6N2O2. The van der Waals surface area contributed by atoms with Crippen molar-refractivity contribution in [2.45, 2.75) is 69.6 Å². The number of aryl methyl sites for hydroxylation is 1. The summed E-state index contributed by atoms with van der Waals surface area (Å²) in [4.78, 5) is 8.61. The van der Waals surface area contributed by atoms with E-state index in [4.69, 9.17) is 0 Å². The fourth-order valence-corrected chi connectivity index (χ4v) is 3.25. The van der Waals surface area contributed by atoms with Gasteiger partial charge in [0.1, 0.15) is 12.4 Å². The number of hydrogen-bond donors (Lipinski definition) is 0. The Morgan fingerprint density at radius 3 is 1.91 bits per heavy atom. The van der Waals surface area contributed by atoms with Gasteiger partial charge in [0.15, 0.2) is 12.4 Å². The van der Waals surface area contributed by atoms with Crippen molar-refractivity contribution in [3.63, 3.8) is 0 Å². The molecule has 0 aliphatic carbocycles. The Hall–Kier alpha value is -2.36. The second kappa shape index (κ2) is 12.4. The molecule has 0 spiro atoms. The maximum absolute atomic E-state index is 13.8. The van der Waals surface area contributed by atoms with Gasteiger partial charge in [0.25, 0.3) is 0 Å². The number of alkyl halides is 6. The van der Waals surface area contributed by atoms with Gasteiger partial charge in [-0.15, -0.1) is 0 Å². The van der Waals surface area contributed by atoms with Crippen LogP contribution in [0.15, 0.2) is 36.7 Å². The van der Waals surface area contributed by atoms with Crippen molar-refractivity contribution < 1.29 is 35.8 Å². The molecule has 10 heteroatoms. The number of benzene rings is 1. The number of hydrogen-bond acceptors (Lipinski definition) is 4. The summed E-state index contributed by atoms with van der Waals surface area (Å²) in [6, 6.07) is 5.44. The van der Waals surface area contributed by atoms with Gasteiger partial charge in [0.2, 0.25) is 0 Å². The van der Waals surface area contributed by atoms with Gasteiger partial charge in [-0.2, -0.15) is 26.3 Å². The van der Waals surface area contributed by atoms with Gasteiger partial charge >= 0.3 is 17.8 Å². The summed E-state index contributed by atoms with van der Waals surface area (Å²) in [5.74, 6) is -15.6. The highest BCUT2D eigenvalue weighted by molar-refractivity contribution is 5.55. The zero-order valence-corrected chi connectivity index (χ0v) is 19.3. The molecule has 1 heterocycles. The second-order valence-electron chi connectivity index (χ2n) is 8.16. The summed E-state index contributed by atoms with van der Waals surface area (Å²) in [6.45, 7) is -1.60. The maximum Gasteiger partial charge on any atom is 0.377 e. The summed E-state index contributed by atoms with van der Waals surface area (Å²) < 4.78 is 90.4. The van der Waals surface area contributed by atoms with Crippen LogP contribution in [0.5, 0.6) is 5.75 Å². The fourth-order valence-electron chi connectivity index (χ4n) is 3.25. The van der Waals surface area contributed by atoms with E-state index in [9.17, 15) is 26.3 Å². The molecule has 2 rings (SSSR count). The highest BCUT2D eigenvalue weighted by Crippen LogP contribution is 2.46. The molecule has 0 unspecified atom stereocenters. The van der Waals surface area contributed by atoms with Crippen LogP contribution in [0.2, 0.25) is 0 Å². The van der Waals surface area contributed by atoms with Crippen molar-refractivity contribution >= 4 is 0 Å². The third-order valence-corrected chi connectivity index (χ3v) is 5.30. The van der Waals surface area contributed by atoms with Crippen molar-refractivity contribution in [3.05, 3.63) is 42.2 Å². The molecule has 0 amide bonds. The SMILES string of the molecule is CCCCCCCCc1cnc(-c2ccc(OCC(F)(F)C(F)(F)C(F)(F)COC)cc2)nc1. The van der Waals surface area contributed by atoms with Crippen LogP contribution in [-0.4, -0.2) is 48.1 Å². The normalized spacial score (nSPS) is 12.7. The monoisotopic (exact) mass is 492 g/mol. The molecule has 0 saturated heterocycles. The van der Waals surface area contributed by atoms with Crippen LogP contribution in [-0.2, 0) is 11.2 Å². The number of rotatable bonds is 15. The average Bonchev–Trinajstić information content (AvgIpc) is 2.80. The minimum atomic E-state index is -5.65. The van der Waals surface area contributed by atoms with Crippen LogP contribution in [0, 0.1) is 0 Å². The van der Waals surface area contributed by atoms with Gasteiger partial charge in [-0.05, 0) is 42.7 Å². The number of unbranched alkanes of at least 4 members (excludes halogenated alkanes) is 5. The zero-order chi connectivity index (χ0) is 25.2. The highest BCUT2D eigenvalue weighted by Gasteiger charge is 2.71. The molecule has 1 aromatic carbocycles. The predicted molar refractivity (Wildman–Crippen MR) is 117 cm³/mol. The Labute approximate surface area is 195 Å². The lowest BCUT2D eigenvalue weighted by atomic mass is 10.1. The van der Waals surface area contributed by atoms with Gasteiger partial charge in [0, 0.05) is 25.1 Å². The first-order valence-corrected chi connectivity index (χ1v) is 11.2. The molecule has 190 valence electrons. The number of halogens is 6. The van der Waals surface area contributed by atoms with E-state index >= 15 is 0 Å². The second-order valence-corrected chi connectivity index (χ2v) is 8.16. The van der Waals surface area contributed by atoms with Crippen molar-refractivity contribution in [2.24, 2.45) is 0 Å². The summed E-state index contributed by atoms with van der Waals surface area (Å²) in [7, 11) is 0.715. The van der Waals surface area contributed by atoms with E-state index in [-0.39, 0.29) is 5.75 Å². The van der Waals surface area contributed by atoms with E-state index in [2.05, 4.69) is 26.4 Å². The number of nitrogens with zero attached hydrogens (tertiary/aromatic N) is 2. The molecule has 0 aliphatic rings. The van der Waals surface area contributed by atoms with Crippen LogP contribution in [0.25, 0.3) is 11.4 Å². The summed E-state index contributed by atoms with van der Waals surface area (Å²) in [5, 5.41) is 0. The molecular weight excluding hydrogens is 462 g/mol. The summed E-state index contributed by atoms with van der Waals surface area (Å²) >= 11 is 0. The van der Waals surface area contributed by atoms with E-state index in [1.165, 1.54) is 49.9 Å². The number of ether oxygens (including phenoxy) is 2. The smallest absolute Gasteiger partial charge is 0.377 e. The topological polar surface area (TPSA) is 44.2 Å². The third-order valence-electron chi connectivity index (χ3n) is 5.30. The number of aromatic nitrogens is 2. The molecule has 4 nitrogen and oxygen atoms in total. The first-order valence-electron chi connectivity index (χ1n) is 11.2. The van der Waals surface area contributed by atoms with E-state index in [1.54, 1.807) is 12.4 Å². The molecule has 0 atom stereocenters. The van der Waals surface area contributed by atoms with Gasteiger partial charge in [-0.1, -0.05) is 39.0 Å². The first kappa shape index (κ1) is 27.9. The maximum atomic E-state index is 13.8. The zero-order valence-electron chi connectivity index (χ0n) is 19.3. The van der Waals surface area contributed by atoms with Crippen LogP contribution in [0.1, 0.15) is 51.0 Å². The lowest BCUT2D eigenvalue weighted by molar-refractivity contribution is -0.323. The first-order chi connectivity index (χ1) is 16.0. The summed E-state index contributed by atoms with van der Waals surface area (Å²) in [5.41, 5.74) is 1.56. The van der Waals surface area contributed by atoms with Gasteiger partial charge in [0.05, 0.1) is 0 Å². The Balaban J connectivity index is 1.91. The van der Waals surface area contributed by atoms with Crippen molar-refractivity contribution in [1.82, 2.24) is 9.97 Å². The number of methoxy groups -OCH3 is 1. The van der Waals surface area contributed by atoms with Crippen molar-refractivity contribution in [1.29, 1.82) is 0 Å². The predicted octanol–water partition coefficient (Wildman–Crippen LogP) is 6.98. The molecule has 0 aliphatic heterocycles. The van der Waals surface area contributed by atoms with Crippen molar-refractivity contribution in [2.75, 3.05) is 20.3 Å². The minimum absolute atomic E-state index is 0.186. The Bertz CT molecular complexity index is 861. The molecule has 1 aromatic heterocycles. The van der Waals surface area contributed by atoms with E-state index in [0.29, 0.717) is 18.5 Å². The Morgan fingerprint density at radius 1 is 0.765 bits per heavy atom. The van der Waals surface area contributed by atoms with Crippen LogP contribution in [0.3, 0.4) is 0 Å². The molecule has 0 saturated carbocycles.